The van der Waals surface area contributed by atoms with Crippen LogP contribution in [0.2, 0.25) is 0 Å². The second-order valence-electron chi connectivity index (χ2n) is 25.9. The molecule has 0 aromatic heterocycles. The van der Waals surface area contributed by atoms with Gasteiger partial charge in [-0.3, -0.25) is 4.79 Å². The van der Waals surface area contributed by atoms with Crippen LogP contribution in [0, 0.1) is 50.2 Å². The van der Waals surface area contributed by atoms with E-state index in [4.69, 9.17) is 37.9 Å². The number of carboxylic acids is 1. The number of aliphatic carboxylic acids is 1. The largest absolute Gasteiger partial charge is 0.479 e. The summed E-state index contributed by atoms with van der Waals surface area (Å²) < 4.78 is 47.7. The number of carbonyl (C=O) groups excluding carboxylic acids is 1. The number of aliphatic hydroxyl groups excluding tert-OH is 12. The van der Waals surface area contributed by atoms with Crippen LogP contribution in [-0.2, 0) is 47.5 Å². The van der Waals surface area contributed by atoms with Gasteiger partial charge in [-0.1, -0.05) is 60.1 Å². The lowest BCUT2D eigenvalue weighted by molar-refractivity contribution is -0.387. The minimum Gasteiger partial charge on any atom is -0.479 e. The Hall–Kier alpha value is -2.08. The van der Waals surface area contributed by atoms with Gasteiger partial charge in [-0.2, -0.15) is 0 Å². The van der Waals surface area contributed by atoms with Crippen LogP contribution in [0.15, 0.2) is 11.6 Å². The van der Waals surface area contributed by atoms with Gasteiger partial charge in [0, 0.05) is 0 Å². The number of carbonyl (C=O) groups is 2. The highest BCUT2D eigenvalue weighted by Gasteiger charge is 2.70. The van der Waals surface area contributed by atoms with Crippen molar-refractivity contribution < 1.29 is 114 Å². The number of aliphatic hydroxyl groups is 12. The molecule has 434 valence electrons. The molecule has 8 fully saturated rings. The van der Waals surface area contributed by atoms with Gasteiger partial charge >= 0.3 is 11.9 Å². The predicted molar refractivity (Wildman–Crippen MR) is 257 cm³/mol. The van der Waals surface area contributed by atoms with Crippen molar-refractivity contribution in [2.75, 3.05) is 19.8 Å². The van der Waals surface area contributed by atoms with Gasteiger partial charge in [-0.25, -0.2) is 4.79 Å². The topological polar surface area (TPSA) is 371 Å². The molecule has 9 aliphatic rings. The number of fused-ring (bicyclic) bond motifs is 7. The summed E-state index contributed by atoms with van der Waals surface area (Å²) in [5.74, 6) is -2.19. The first-order valence-electron chi connectivity index (χ1n) is 27.2. The van der Waals surface area contributed by atoms with Gasteiger partial charge in [0.15, 0.2) is 25.0 Å². The zero-order valence-electron chi connectivity index (χ0n) is 44.4. The lowest BCUT2D eigenvalue weighted by Gasteiger charge is -2.71. The summed E-state index contributed by atoms with van der Waals surface area (Å²) in [6.45, 7) is 13.7. The maximum Gasteiger partial charge on any atom is 0.335 e. The average molecular weight is 1090 g/mol. The van der Waals surface area contributed by atoms with Crippen molar-refractivity contribution in [3.8, 4) is 0 Å². The summed E-state index contributed by atoms with van der Waals surface area (Å²) in [5, 5.41) is 138. The molecule has 23 heteroatoms. The van der Waals surface area contributed by atoms with Crippen LogP contribution < -0.4 is 0 Å². The molecule has 0 unspecified atom stereocenters. The fourth-order valence-corrected chi connectivity index (χ4v) is 16.2. The van der Waals surface area contributed by atoms with Crippen molar-refractivity contribution in [3.63, 3.8) is 0 Å². The predicted octanol–water partition coefficient (Wildman–Crippen LogP) is -1.30. The van der Waals surface area contributed by atoms with Crippen molar-refractivity contribution in [2.45, 2.75) is 235 Å². The fourth-order valence-electron chi connectivity index (χ4n) is 16.2. The van der Waals surface area contributed by atoms with E-state index in [1.54, 1.807) is 0 Å². The van der Waals surface area contributed by atoms with Crippen molar-refractivity contribution in [1.29, 1.82) is 0 Å². The standard InChI is InChI=1S/C53H84O23/c1-48(2)14-16-53(47(68)76-45-37(64)34(61)32(59)26(20-55)71-45)17-15-51(6)22(23(53)18-48)8-9-28-50(5)12-11-29(49(3,4)27(50)10-13-52(28,51)7)72-46-40(74-44-36(63)33(60)31(58)25(19-54)70-44)38(65)39(41(75-46)42(66)67)73-43-35(62)30(57)24(56)21-69-43/h8,23-41,43-46,54-65H,9-21H2,1-7H3,(H,66,67)/t23-,24+,25+,26+,27+,28-,29-,30-,31+,32+,33-,34-,35+,36+,37+,38-,39-,40+,41-,43-,44-,45-,46+,50-,51+,52+,53-/m0/s1. The molecule has 4 saturated carbocycles. The SMILES string of the molecule is CC1(C)CC[C@]2(C(=O)O[C@@H]3O[C@H](CO)[C@@H](O)[C@H](O)[C@H]3O)CC[C@]3(C)C(=CC[C@H]4[C@@]5(C)CC[C@H](O[C@@H]6O[C@H](C(=O)O)[C@@H](O[C@@H]7OC[C@@H](O)[C@H](O)[C@H]7O)[C@H](O)[C@H]6O[C@@H]6O[C@H](CO)[C@@H](O)[C@H](O)[C@H]6O)C(C)(C)[C@H]5CC[C@]43C)[C@@H]2C1. The number of rotatable bonds is 11. The van der Waals surface area contributed by atoms with Crippen LogP contribution in [-0.4, -0.2) is 221 Å². The Labute approximate surface area is 442 Å². The molecule has 0 radical (unpaired) electrons. The van der Waals surface area contributed by atoms with Crippen molar-refractivity contribution in [2.24, 2.45) is 50.2 Å². The first kappa shape index (κ1) is 58.6. The zero-order valence-corrected chi connectivity index (χ0v) is 44.4. The number of esters is 1. The minimum atomic E-state index is -2.03. The highest BCUT2D eigenvalue weighted by Crippen LogP contribution is 2.76. The second kappa shape index (κ2) is 21.0. The highest BCUT2D eigenvalue weighted by molar-refractivity contribution is 5.79. The Bertz CT molecular complexity index is 2140. The lowest BCUT2D eigenvalue weighted by Crippen LogP contribution is -2.68. The Morgan fingerprint density at radius 1 is 0.605 bits per heavy atom. The van der Waals surface area contributed by atoms with E-state index in [0.29, 0.717) is 38.5 Å². The third kappa shape index (κ3) is 9.42. The van der Waals surface area contributed by atoms with Gasteiger partial charge in [-0.05, 0) is 109 Å². The molecule has 0 amide bonds. The van der Waals surface area contributed by atoms with E-state index in [1.165, 1.54) is 5.57 Å². The van der Waals surface area contributed by atoms with Gasteiger partial charge in [-0.15, -0.1) is 0 Å². The summed E-state index contributed by atoms with van der Waals surface area (Å²) in [7, 11) is 0. The molecular weight excluding hydrogens is 1000 g/mol. The third-order valence-corrected chi connectivity index (χ3v) is 21.0. The monoisotopic (exact) mass is 1090 g/mol. The summed E-state index contributed by atoms with van der Waals surface area (Å²) in [5.41, 5.74) is -1.40. The van der Waals surface area contributed by atoms with Gasteiger partial charge in [0.2, 0.25) is 6.29 Å². The lowest BCUT2D eigenvalue weighted by atomic mass is 9.33. The van der Waals surface area contributed by atoms with E-state index in [2.05, 4.69) is 54.5 Å². The zero-order chi connectivity index (χ0) is 55.6. The molecule has 13 N–H and O–H groups in total. The second-order valence-corrected chi connectivity index (χ2v) is 25.9. The van der Waals surface area contributed by atoms with Gasteiger partial charge in [0.05, 0.1) is 31.3 Å². The van der Waals surface area contributed by atoms with Crippen LogP contribution in [0.5, 0.6) is 0 Å². The molecule has 5 aliphatic carbocycles. The minimum absolute atomic E-state index is 0.0107. The van der Waals surface area contributed by atoms with Crippen LogP contribution in [0.1, 0.15) is 113 Å². The molecule has 0 spiro atoms. The summed E-state index contributed by atoms with van der Waals surface area (Å²) in [4.78, 5) is 27.8. The van der Waals surface area contributed by atoms with E-state index in [0.717, 1.165) is 25.7 Å². The molecule has 76 heavy (non-hydrogen) atoms. The average Bonchev–Trinajstić information content (AvgIpc) is 3.54. The first-order chi connectivity index (χ1) is 35.5. The molecule has 0 bridgehead atoms. The first-order valence-corrected chi connectivity index (χ1v) is 27.2. The Balaban J connectivity index is 0.983. The smallest absolute Gasteiger partial charge is 0.335 e. The Morgan fingerprint density at radius 2 is 1.20 bits per heavy atom. The normalized spacial score (nSPS) is 52.9. The third-order valence-electron chi connectivity index (χ3n) is 21.0. The number of hydrogen-bond acceptors (Lipinski definition) is 22. The molecule has 23 nitrogen and oxygen atoms in total. The number of ether oxygens (including phenoxy) is 8. The van der Waals surface area contributed by atoms with Crippen LogP contribution in [0.3, 0.4) is 0 Å². The number of carboxylic acid groups (broad SMARTS) is 1. The van der Waals surface area contributed by atoms with E-state index in [1.807, 2.05) is 0 Å². The van der Waals surface area contributed by atoms with E-state index in [-0.39, 0.29) is 39.4 Å². The molecule has 0 aromatic rings. The molecule has 0 aromatic carbocycles. The molecule has 4 saturated heterocycles. The van der Waals surface area contributed by atoms with Gasteiger partial charge < -0.3 is 104 Å². The quantitative estimate of drug-likeness (QED) is 0.0649. The van der Waals surface area contributed by atoms with Crippen LogP contribution in [0.25, 0.3) is 0 Å². The van der Waals surface area contributed by atoms with E-state index >= 15 is 0 Å². The van der Waals surface area contributed by atoms with E-state index < -0.39 is 165 Å². The van der Waals surface area contributed by atoms with Gasteiger partial charge in [0.1, 0.15) is 85.5 Å². The molecule has 27 atom stereocenters. The Kier molecular flexibility index (Phi) is 16.2. The summed E-state index contributed by atoms with van der Waals surface area (Å²) in [6, 6.07) is 0. The molecule has 9 rings (SSSR count). The Morgan fingerprint density at radius 3 is 1.83 bits per heavy atom. The summed E-state index contributed by atoms with van der Waals surface area (Å²) in [6.07, 6.45) is -24.8. The molecule has 4 heterocycles. The summed E-state index contributed by atoms with van der Waals surface area (Å²) >= 11 is 0. The van der Waals surface area contributed by atoms with Gasteiger partial charge in [0.25, 0.3) is 0 Å². The molecular formula is C53H84O23. The maximum atomic E-state index is 14.8. The number of allylic oxidation sites excluding steroid dienone is 2. The number of hydrogen-bond donors (Lipinski definition) is 13. The van der Waals surface area contributed by atoms with Crippen molar-refractivity contribution in [1.82, 2.24) is 0 Å². The highest BCUT2D eigenvalue weighted by atomic mass is 16.8. The van der Waals surface area contributed by atoms with Crippen molar-refractivity contribution >= 4 is 11.9 Å². The maximum absolute atomic E-state index is 14.8. The van der Waals surface area contributed by atoms with Crippen molar-refractivity contribution in [3.05, 3.63) is 11.6 Å². The van der Waals surface area contributed by atoms with E-state index in [9.17, 15) is 76.0 Å². The van der Waals surface area contributed by atoms with Crippen LogP contribution in [0.4, 0.5) is 0 Å². The van der Waals surface area contributed by atoms with Crippen LogP contribution >= 0.6 is 0 Å². The molecule has 4 aliphatic heterocycles. The fraction of sp³-hybridized carbons (Fsp3) is 0.925.